The summed E-state index contributed by atoms with van der Waals surface area (Å²) >= 11 is 4.91. The Morgan fingerprint density at radius 2 is 2.11 bits per heavy atom. The van der Waals surface area contributed by atoms with Gasteiger partial charge in [0.15, 0.2) is 0 Å². The second-order valence-electron chi connectivity index (χ2n) is 4.98. The van der Waals surface area contributed by atoms with E-state index >= 15 is 0 Å². The lowest BCUT2D eigenvalue weighted by molar-refractivity contribution is 0.0944. The molecule has 1 aliphatic rings. The van der Waals surface area contributed by atoms with Crippen molar-refractivity contribution in [2.45, 2.75) is 26.2 Å². The first-order chi connectivity index (χ1) is 8.56. The van der Waals surface area contributed by atoms with Crippen LogP contribution in [0.3, 0.4) is 0 Å². The molecular formula is C14H18N2OS. The Balaban J connectivity index is 2.00. The topological polar surface area (TPSA) is 55.1 Å². The Bertz CT molecular complexity index is 480. The highest BCUT2D eigenvalue weighted by Crippen LogP contribution is 2.47. The Hall–Kier alpha value is -1.42. The zero-order valence-corrected chi connectivity index (χ0v) is 11.3. The van der Waals surface area contributed by atoms with Gasteiger partial charge >= 0.3 is 0 Å². The molecule has 1 aromatic rings. The van der Waals surface area contributed by atoms with E-state index in [4.69, 9.17) is 18.0 Å². The third kappa shape index (κ3) is 2.88. The molecule has 1 saturated carbocycles. The summed E-state index contributed by atoms with van der Waals surface area (Å²) < 4.78 is 0. The Kier molecular flexibility index (Phi) is 3.66. The standard InChI is InChI=1S/C14H18N2OS/c1-2-14(6-7-14)9-16-13(17)11-5-3-4-10(8-11)12(15)18/h3-5,8H,2,6-7,9H2,1H3,(H2,15,18)(H,16,17). The average Bonchev–Trinajstić information content (AvgIpc) is 3.17. The Morgan fingerprint density at radius 1 is 1.44 bits per heavy atom. The van der Waals surface area contributed by atoms with Crippen LogP contribution in [0.1, 0.15) is 42.1 Å². The molecule has 0 unspecified atom stereocenters. The molecule has 3 nitrogen and oxygen atoms in total. The Labute approximate surface area is 113 Å². The Morgan fingerprint density at radius 3 is 2.67 bits per heavy atom. The summed E-state index contributed by atoms with van der Waals surface area (Å²) in [4.78, 5) is 12.3. The first-order valence-corrected chi connectivity index (χ1v) is 6.65. The number of thiocarbonyl (C=S) groups is 1. The molecule has 1 aromatic carbocycles. The molecule has 0 bridgehead atoms. The number of carbonyl (C=O) groups is 1. The predicted molar refractivity (Wildman–Crippen MR) is 76.6 cm³/mol. The van der Waals surface area contributed by atoms with Crippen molar-refractivity contribution in [3.8, 4) is 0 Å². The van der Waals surface area contributed by atoms with Crippen LogP contribution in [0.5, 0.6) is 0 Å². The van der Waals surface area contributed by atoms with Gasteiger partial charge in [0.25, 0.3) is 5.91 Å². The second kappa shape index (κ2) is 5.06. The predicted octanol–water partition coefficient (Wildman–Crippen LogP) is 2.24. The summed E-state index contributed by atoms with van der Waals surface area (Å²) in [7, 11) is 0. The number of carbonyl (C=O) groups excluding carboxylic acids is 1. The van der Waals surface area contributed by atoms with Crippen molar-refractivity contribution in [2.75, 3.05) is 6.54 Å². The minimum Gasteiger partial charge on any atom is -0.389 e. The molecule has 1 amide bonds. The lowest BCUT2D eigenvalue weighted by Gasteiger charge is -2.13. The molecule has 1 aliphatic carbocycles. The van der Waals surface area contributed by atoms with E-state index in [9.17, 15) is 4.79 Å². The summed E-state index contributed by atoms with van der Waals surface area (Å²) in [6.45, 7) is 2.94. The van der Waals surface area contributed by atoms with E-state index in [0.29, 0.717) is 16.0 Å². The van der Waals surface area contributed by atoms with Crippen LogP contribution in [0.2, 0.25) is 0 Å². The molecule has 0 atom stereocenters. The van der Waals surface area contributed by atoms with Gasteiger partial charge in [-0.1, -0.05) is 31.3 Å². The third-order valence-corrected chi connectivity index (χ3v) is 3.98. The fourth-order valence-corrected chi connectivity index (χ4v) is 2.14. The normalized spacial score (nSPS) is 16.1. The molecule has 2 rings (SSSR count). The van der Waals surface area contributed by atoms with Crippen LogP contribution in [0, 0.1) is 5.41 Å². The number of nitrogens with two attached hydrogens (primary N) is 1. The van der Waals surface area contributed by atoms with Crippen molar-refractivity contribution in [2.24, 2.45) is 11.1 Å². The van der Waals surface area contributed by atoms with Gasteiger partial charge in [0.1, 0.15) is 4.99 Å². The maximum Gasteiger partial charge on any atom is 0.251 e. The molecule has 0 heterocycles. The van der Waals surface area contributed by atoms with Crippen LogP contribution < -0.4 is 11.1 Å². The van der Waals surface area contributed by atoms with E-state index in [2.05, 4.69) is 12.2 Å². The van der Waals surface area contributed by atoms with Gasteiger partial charge < -0.3 is 11.1 Å². The quantitative estimate of drug-likeness (QED) is 0.800. The van der Waals surface area contributed by atoms with Crippen molar-refractivity contribution in [1.82, 2.24) is 5.32 Å². The van der Waals surface area contributed by atoms with Crippen molar-refractivity contribution in [3.63, 3.8) is 0 Å². The molecule has 0 aromatic heterocycles. The van der Waals surface area contributed by atoms with Gasteiger partial charge in [0, 0.05) is 17.7 Å². The fraction of sp³-hybridized carbons (Fsp3) is 0.429. The van der Waals surface area contributed by atoms with E-state index < -0.39 is 0 Å². The van der Waals surface area contributed by atoms with Crippen molar-refractivity contribution >= 4 is 23.1 Å². The molecule has 3 N–H and O–H groups in total. The molecule has 0 spiro atoms. The minimum atomic E-state index is -0.0483. The zero-order chi connectivity index (χ0) is 13.2. The fourth-order valence-electron chi connectivity index (χ4n) is 2.02. The number of benzene rings is 1. The summed E-state index contributed by atoms with van der Waals surface area (Å²) in [6, 6.07) is 7.13. The maximum atomic E-state index is 12.0. The zero-order valence-electron chi connectivity index (χ0n) is 10.5. The van der Waals surface area contributed by atoms with Crippen molar-refractivity contribution in [3.05, 3.63) is 35.4 Å². The average molecular weight is 262 g/mol. The first-order valence-electron chi connectivity index (χ1n) is 6.24. The van der Waals surface area contributed by atoms with E-state index in [1.807, 2.05) is 6.07 Å². The number of amides is 1. The summed E-state index contributed by atoms with van der Waals surface area (Å²) in [6.07, 6.45) is 3.56. The van der Waals surface area contributed by atoms with Crippen LogP contribution >= 0.6 is 12.2 Å². The van der Waals surface area contributed by atoms with E-state index in [1.165, 1.54) is 12.8 Å². The number of hydrogen-bond donors (Lipinski definition) is 2. The molecule has 0 radical (unpaired) electrons. The van der Waals surface area contributed by atoms with Gasteiger partial charge in [-0.15, -0.1) is 0 Å². The highest BCUT2D eigenvalue weighted by molar-refractivity contribution is 7.80. The van der Waals surface area contributed by atoms with Gasteiger partial charge in [-0.3, -0.25) is 4.79 Å². The number of nitrogens with one attached hydrogen (secondary N) is 1. The molecular weight excluding hydrogens is 244 g/mol. The first kappa shape index (κ1) is 13.0. The smallest absolute Gasteiger partial charge is 0.251 e. The van der Waals surface area contributed by atoms with E-state index in [1.54, 1.807) is 18.2 Å². The SMILES string of the molecule is CCC1(CNC(=O)c2cccc(C(N)=S)c2)CC1. The summed E-state index contributed by atoms with van der Waals surface area (Å²) in [5, 5.41) is 3.00. The molecule has 1 fully saturated rings. The van der Waals surface area contributed by atoms with Crippen molar-refractivity contribution < 1.29 is 4.79 Å². The number of hydrogen-bond acceptors (Lipinski definition) is 2. The molecule has 0 saturated heterocycles. The van der Waals surface area contributed by atoms with E-state index in [-0.39, 0.29) is 5.91 Å². The summed E-state index contributed by atoms with van der Waals surface area (Å²) in [5.41, 5.74) is 7.26. The number of rotatable bonds is 5. The van der Waals surface area contributed by atoms with Gasteiger partial charge in [-0.25, -0.2) is 0 Å². The van der Waals surface area contributed by atoms with E-state index in [0.717, 1.165) is 18.5 Å². The monoisotopic (exact) mass is 262 g/mol. The largest absolute Gasteiger partial charge is 0.389 e. The molecule has 0 aliphatic heterocycles. The van der Waals surface area contributed by atoms with Crippen molar-refractivity contribution in [1.29, 1.82) is 0 Å². The highest BCUT2D eigenvalue weighted by atomic mass is 32.1. The van der Waals surface area contributed by atoms with Crippen LogP contribution in [-0.4, -0.2) is 17.4 Å². The molecule has 4 heteroatoms. The highest BCUT2D eigenvalue weighted by Gasteiger charge is 2.40. The third-order valence-electron chi connectivity index (χ3n) is 3.74. The lowest BCUT2D eigenvalue weighted by atomic mass is 10.0. The van der Waals surface area contributed by atoms with Gasteiger partial charge in [0.05, 0.1) is 0 Å². The van der Waals surface area contributed by atoms with Gasteiger partial charge in [0.2, 0.25) is 0 Å². The van der Waals surface area contributed by atoms with Gasteiger partial charge in [-0.2, -0.15) is 0 Å². The van der Waals surface area contributed by atoms with Crippen LogP contribution in [-0.2, 0) is 0 Å². The second-order valence-corrected chi connectivity index (χ2v) is 5.42. The lowest BCUT2D eigenvalue weighted by Crippen LogP contribution is -2.30. The minimum absolute atomic E-state index is 0.0483. The molecule has 18 heavy (non-hydrogen) atoms. The van der Waals surface area contributed by atoms with Crippen LogP contribution in [0.15, 0.2) is 24.3 Å². The summed E-state index contributed by atoms with van der Waals surface area (Å²) in [5.74, 6) is -0.0483. The molecule has 96 valence electrons. The van der Waals surface area contributed by atoms with Crippen LogP contribution in [0.25, 0.3) is 0 Å². The maximum absolute atomic E-state index is 12.0. The van der Waals surface area contributed by atoms with Crippen LogP contribution in [0.4, 0.5) is 0 Å². The van der Waals surface area contributed by atoms with Gasteiger partial charge in [-0.05, 0) is 36.8 Å².